The van der Waals surface area contributed by atoms with Crippen molar-refractivity contribution in [2.24, 2.45) is 5.92 Å². The Labute approximate surface area is 120 Å². The highest BCUT2D eigenvalue weighted by Gasteiger charge is 2.28. The molecular formula is C14H17BrFNO2. The van der Waals surface area contributed by atoms with Crippen LogP contribution in [0, 0.1) is 11.7 Å². The molecule has 1 unspecified atom stereocenters. The van der Waals surface area contributed by atoms with Crippen LogP contribution >= 0.6 is 15.9 Å². The minimum Gasteiger partial charge on any atom is -0.481 e. The summed E-state index contributed by atoms with van der Waals surface area (Å²) in [7, 11) is 0. The normalized spacial score (nSPS) is 19.3. The van der Waals surface area contributed by atoms with Gasteiger partial charge in [0, 0.05) is 16.1 Å². The zero-order chi connectivity index (χ0) is 14.0. The number of likely N-dealkylation sites (tertiary alicyclic amines) is 1. The van der Waals surface area contributed by atoms with Crippen molar-refractivity contribution < 1.29 is 14.3 Å². The van der Waals surface area contributed by atoms with Crippen molar-refractivity contribution in [2.45, 2.75) is 25.8 Å². The predicted octanol–water partition coefficient (Wildman–Crippen LogP) is 3.45. The van der Waals surface area contributed by atoms with Crippen molar-refractivity contribution in [1.29, 1.82) is 0 Å². The zero-order valence-corrected chi connectivity index (χ0v) is 12.4. The van der Waals surface area contributed by atoms with Gasteiger partial charge >= 0.3 is 5.97 Å². The van der Waals surface area contributed by atoms with Gasteiger partial charge in [-0.1, -0.05) is 22.0 Å². The first kappa shape index (κ1) is 14.5. The standard InChI is InChI=1S/C14H17BrFNO2/c1-9(12-3-2-11(15)8-13(12)16)17-6-4-10(5-7-17)14(18)19/h2-3,8-10H,4-7H2,1H3,(H,18,19). The van der Waals surface area contributed by atoms with Gasteiger partial charge < -0.3 is 5.11 Å². The summed E-state index contributed by atoms with van der Waals surface area (Å²) in [4.78, 5) is 13.1. The van der Waals surface area contributed by atoms with Crippen LogP contribution in [0.25, 0.3) is 0 Å². The second-order valence-corrected chi connectivity index (χ2v) is 5.91. The summed E-state index contributed by atoms with van der Waals surface area (Å²) in [5.74, 6) is -1.19. The highest BCUT2D eigenvalue weighted by molar-refractivity contribution is 9.10. The molecule has 1 N–H and O–H groups in total. The molecule has 0 amide bonds. The molecule has 104 valence electrons. The molecule has 0 saturated carbocycles. The summed E-state index contributed by atoms with van der Waals surface area (Å²) < 4.78 is 14.6. The Kier molecular flexibility index (Phi) is 4.58. The number of carbonyl (C=O) groups is 1. The highest BCUT2D eigenvalue weighted by Crippen LogP contribution is 2.29. The van der Waals surface area contributed by atoms with Crippen molar-refractivity contribution >= 4 is 21.9 Å². The number of piperidine rings is 1. The smallest absolute Gasteiger partial charge is 0.306 e. The molecule has 1 fully saturated rings. The van der Waals surface area contributed by atoms with Crippen LogP contribution in [0.5, 0.6) is 0 Å². The van der Waals surface area contributed by atoms with Crippen LogP contribution in [0.3, 0.4) is 0 Å². The summed E-state index contributed by atoms with van der Waals surface area (Å²) in [6.45, 7) is 3.37. The van der Waals surface area contributed by atoms with E-state index in [1.807, 2.05) is 13.0 Å². The maximum absolute atomic E-state index is 13.9. The summed E-state index contributed by atoms with van der Waals surface area (Å²) in [5, 5.41) is 8.97. The summed E-state index contributed by atoms with van der Waals surface area (Å²) in [6, 6.07) is 5.06. The number of aliphatic carboxylic acids is 1. The number of carboxylic acids is 1. The Bertz CT molecular complexity index is 473. The molecule has 0 aliphatic carbocycles. The van der Waals surface area contributed by atoms with E-state index in [4.69, 9.17) is 5.11 Å². The summed E-state index contributed by atoms with van der Waals surface area (Å²) in [5.41, 5.74) is 0.664. The van der Waals surface area contributed by atoms with E-state index in [-0.39, 0.29) is 17.8 Å². The first-order chi connectivity index (χ1) is 8.99. The lowest BCUT2D eigenvalue weighted by atomic mass is 9.95. The van der Waals surface area contributed by atoms with Crippen molar-refractivity contribution in [2.75, 3.05) is 13.1 Å². The predicted molar refractivity (Wildman–Crippen MR) is 74.4 cm³/mol. The van der Waals surface area contributed by atoms with Gasteiger partial charge in [0.15, 0.2) is 0 Å². The second kappa shape index (κ2) is 6.01. The lowest BCUT2D eigenvalue weighted by Gasteiger charge is -2.35. The summed E-state index contributed by atoms with van der Waals surface area (Å²) in [6.07, 6.45) is 1.27. The van der Waals surface area contributed by atoms with E-state index in [2.05, 4.69) is 20.8 Å². The van der Waals surface area contributed by atoms with Crippen LogP contribution in [-0.4, -0.2) is 29.1 Å². The third-order valence-electron chi connectivity index (χ3n) is 3.84. The Balaban J connectivity index is 2.05. The van der Waals surface area contributed by atoms with Crippen LogP contribution in [0.15, 0.2) is 22.7 Å². The lowest BCUT2D eigenvalue weighted by molar-refractivity contribution is -0.143. The molecule has 2 rings (SSSR count). The monoisotopic (exact) mass is 329 g/mol. The molecule has 3 nitrogen and oxygen atoms in total. The minimum atomic E-state index is -0.720. The summed E-state index contributed by atoms with van der Waals surface area (Å²) >= 11 is 3.25. The molecule has 1 aliphatic heterocycles. The van der Waals surface area contributed by atoms with Crippen LogP contribution in [0.2, 0.25) is 0 Å². The van der Waals surface area contributed by atoms with Gasteiger partial charge in [0.05, 0.1) is 5.92 Å². The Hall–Kier alpha value is -0.940. The van der Waals surface area contributed by atoms with Crippen LogP contribution in [0.1, 0.15) is 31.4 Å². The first-order valence-corrected chi connectivity index (χ1v) is 7.20. The largest absolute Gasteiger partial charge is 0.481 e. The van der Waals surface area contributed by atoms with Crippen LogP contribution in [-0.2, 0) is 4.79 Å². The van der Waals surface area contributed by atoms with Crippen molar-refractivity contribution in [3.05, 3.63) is 34.1 Å². The molecule has 0 aromatic heterocycles. The van der Waals surface area contributed by atoms with Gasteiger partial charge in [-0.3, -0.25) is 9.69 Å². The second-order valence-electron chi connectivity index (χ2n) is 4.99. The SMILES string of the molecule is CC(c1ccc(Br)cc1F)N1CCC(C(=O)O)CC1. The van der Waals surface area contributed by atoms with Gasteiger partial charge in [-0.25, -0.2) is 4.39 Å². The maximum atomic E-state index is 13.9. The van der Waals surface area contributed by atoms with Gasteiger partial charge in [-0.05, 0) is 45.0 Å². The van der Waals surface area contributed by atoms with Crippen molar-refractivity contribution in [1.82, 2.24) is 4.90 Å². The van der Waals surface area contributed by atoms with Crippen LogP contribution in [0.4, 0.5) is 4.39 Å². The van der Waals surface area contributed by atoms with E-state index in [0.29, 0.717) is 31.5 Å². The molecule has 1 saturated heterocycles. The topological polar surface area (TPSA) is 40.5 Å². The first-order valence-electron chi connectivity index (χ1n) is 6.41. The van der Waals surface area contributed by atoms with Gasteiger partial charge in [0.25, 0.3) is 0 Å². The number of benzene rings is 1. The number of halogens is 2. The zero-order valence-electron chi connectivity index (χ0n) is 10.8. The molecule has 0 radical (unpaired) electrons. The Morgan fingerprint density at radius 2 is 2.11 bits per heavy atom. The molecule has 1 heterocycles. The Morgan fingerprint density at radius 3 is 2.63 bits per heavy atom. The number of carboxylic acid groups (broad SMARTS) is 1. The van der Waals surface area contributed by atoms with Crippen molar-refractivity contribution in [3.63, 3.8) is 0 Å². The highest BCUT2D eigenvalue weighted by atomic mass is 79.9. The Morgan fingerprint density at radius 1 is 1.47 bits per heavy atom. The third-order valence-corrected chi connectivity index (χ3v) is 4.33. The molecule has 1 aliphatic rings. The average Bonchev–Trinajstić information content (AvgIpc) is 2.38. The van der Waals surface area contributed by atoms with E-state index >= 15 is 0 Å². The van der Waals surface area contributed by atoms with Gasteiger partial charge in [0.1, 0.15) is 5.82 Å². The molecule has 1 aromatic carbocycles. The molecule has 0 bridgehead atoms. The van der Waals surface area contributed by atoms with Crippen molar-refractivity contribution in [3.8, 4) is 0 Å². The van der Waals surface area contributed by atoms with Gasteiger partial charge in [-0.2, -0.15) is 0 Å². The molecule has 0 spiro atoms. The molecule has 19 heavy (non-hydrogen) atoms. The van der Waals surface area contributed by atoms with Gasteiger partial charge in [-0.15, -0.1) is 0 Å². The molecule has 1 atom stereocenters. The maximum Gasteiger partial charge on any atom is 0.306 e. The van der Waals surface area contributed by atoms with Gasteiger partial charge in [0.2, 0.25) is 0 Å². The fourth-order valence-corrected chi connectivity index (χ4v) is 2.90. The molecule has 5 heteroatoms. The third kappa shape index (κ3) is 3.34. The van der Waals surface area contributed by atoms with E-state index in [9.17, 15) is 9.18 Å². The van der Waals surface area contributed by atoms with E-state index in [1.165, 1.54) is 6.07 Å². The number of nitrogens with zero attached hydrogens (tertiary/aromatic N) is 1. The number of rotatable bonds is 3. The average molecular weight is 330 g/mol. The lowest BCUT2D eigenvalue weighted by Crippen LogP contribution is -2.38. The van der Waals surface area contributed by atoms with E-state index in [0.717, 1.165) is 4.47 Å². The quantitative estimate of drug-likeness (QED) is 0.923. The fraction of sp³-hybridized carbons (Fsp3) is 0.500. The van der Waals surface area contributed by atoms with E-state index in [1.54, 1.807) is 6.07 Å². The fourth-order valence-electron chi connectivity index (χ4n) is 2.57. The molecule has 1 aromatic rings. The van der Waals surface area contributed by atoms with E-state index < -0.39 is 5.97 Å². The van der Waals surface area contributed by atoms with Crippen LogP contribution < -0.4 is 0 Å². The number of hydrogen-bond donors (Lipinski definition) is 1. The minimum absolute atomic E-state index is 0.0251. The number of hydrogen-bond acceptors (Lipinski definition) is 2. The molecular weight excluding hydrogens is 313 g/mol.